The van der Waals surface area contributed by atoms with Crippen LogP contribution in [-0.2, 0) is 14.3 Å². The van der Waals surface area contributed by atoms with Crippen molar-refractivity contribution in [3.8, 4) is 5.75 Å². The Morgan fingerprint density at radius 1 is 1.04 bits per heavy atom. The molecule has 8 heteroatoms. The standard InChI is InChI=1S/C18H14F3NO4/c1-25-16-6-2-11(8-15(16)21)3-7-18(24)26-10-17(23)22-12-4-5-13(19)14(20)9-12/h2-9H,10H2,1H3,(H,22,23)/b7-3+. The van der Waals surface area contributed by atoms with Gasteiger partial charge < -0.3 is 14.8 Å². The zero-order valence-electron chi connectivity index (χ0n) is 13.6. The fourth-order valence-corrected chi connectivity index (χ4v) is 1.91. The van der Waals surface area contributed by atoms with E-state index in [0.29, 0.717) is 5.56 Å². The molecule has 0 saturated carbocycles. The lowest BCUT2D eigenvalue weighted by atomic mass is 10.2. The van der Waals surface area contributed by atoms with Gasteiger partial charge in [-0.25, -0.2) is 18.0 Å². The minimum Gasteiger partial charge on any atom is -0.494 e. The molecule has 1 amide bonds. The number of amides is 1. The van der Waals surface area contributed by atoms with Crippen molar-refractivity contribution >= 4 is 23.6 Å². The maximum Gasteiger partial charge on any atom is 0.331 e. The number of hydrogen-bond donors (Lipinski definition) is 1. The van der Waals surface area contributed by atoms with Crippen LogP contribution in [0.1, 0.15) is 5.56 Å². The zero-order chi connectivity index (χ0) is 19.1. The summed E-state index contributed by atoms with van der Waals surface area (Å²) in [5, 5.41) is 2.25. The van der Waals surface area contributed by atoms with Crippen molar-refractivity contribution in [1.82, 2.24) is 0 Å². The van der Waals surface area contributed by atoms with E-state index in [4.69, 9.17) is 9.47 Å². The van der Waals surface area contributed by atoms with Gasteiger partial charge in [0.2, 0.25) is 0 Å². The first-order valence-electron chi connectivity index (χ1n) is 7.32. The van der Waals surface area contributed by atoms with Crippen LogP contribution in [0.15, 0.2) is 42.5 Å². The minimum absolute atomic E-state index is 0.0224. The molecule has 2 rings (SSSR count). The fourth-order valence-electron chi connectivity index (χ4n) is 1.91. The molecule has 0 spiro atoms. The quantitative estimate of drug-likeness (QED) is 0.630. The normalized spacial score (nSPS) is 10.6. The molecule has 2 aromatic carbocycles. The number of carbonyl (C=O) groups excluding carboxylic acids is 2. The van der Waals surface area contributed by atoms with E-state index in [-0.39, 0.29) is 11.4 Å². The van der Waals surface area contributed by atoms with E-state index < -0.39 is 35.9 Å². The Hall–Kier alpha value is -3.29. The Morgan fingerprint density at radius 2 is 1.81 bits per heavy atom. The summed E-state index contributed by atoms with van der Waals surface area (Å²) in [5.41, 5.74) is 0.417. The van der Waals surface area contributed by atoms with E-state index in [2.05, 4.69) is 5.32 Å². The highest BCUT2D eigenvalue weighted by Crippen LogP contribution is 2.18. The third-order valence-electron chi connectivity index (χ3n) is 3.14. The number of methoxy groups -OCH3 is 1. The average molecular weight is 365 g/mol. The van der Waals surface area contributed by atoms with Crippen LogP contribution in [0.5, 0.6) is 5.75 Å². The molecule has 1 N–H and O–H groups in total. The van der Waals surface area contributed by atoms with Crippen molar-refractivity contribution in [3.63, 3.8) is 0 Å². The summed E-state index contributed by atoms with van der Waals surface area (Å²) in [7, 11) is 1.33. The summed E-state index contributed by atoms with van der Waals surface area (Å²) in [6.45, 7) is -0.626. The molecule has 136 valence electrons. The van der Waals surface area contributed by atoms with Crippen LogP contribution < -0.4 is 10.1 Å². The van der Waals surface area contributed by atoms with Crippen molar-refractivity contribution in [2.45, 2.75) is 0 Å². The Balaban J connectivity index is 1.84. The Morgan fingerprint density at radius 3 is 2.46 bits per heavy atom. The van der Waals surface area contributed by atoms with Gasteiger partial charge in [-0.15, -0.1) is 0 Å². The lowest BCUT2D eigenvalue weighted by molar-refractivity contribution is -0.142. The third kappa shape index (κ3) is 5.37. The first-order chi connectivity index (χ1) is 12.4. The highest BCUT2D eigenvalue weighted by atomic mass is 19.2. The molecule has 0 fully saturated rings. The summed E-state index contributed by atoms with van der Waals surface area (Å²) in [6, 6.07) is 6.91. The number of esters is 1. The summed E-state index contributed by atoms with van der Waals surface area (Å²) < 4.78 is 48.8. The average Bonchev–Trinajstić information content (AvgIpc) is 2.61. The second-order valence-corrected chi connectivity index (χ2v) is 5.01. The predicted molar refractivity (Wildman–Crippen MR) is 87.9 cm³/mol. The van der Waals surface area contributed by atoms with Crippen molar-refractivity contribution in [3.05, 3.63) is 65.5 Å². The molecule has 0 heterocycles. The number of rotatable bonds is 6. The van der Waals surface area contributed by atoms with Gasteiger partial charge in [0.1, 0.15) is 0 Å². The fraction of sp³-hybridized carbons (Fsp3) is 0.111. The first-order valence-corrected chi connectivity index (χ1v) is 7.32. The second-order valence-electron chi connectivity index (χ2n) is 5.01. The second kappa shape index (κ2) is 8.70. The number of nitrogens with one attached hydrogen (secondary N) is 1. The molecule has 0 aliphatic heterocycles. The number of hydrogen-bond acceptors (Lipinski definition) is 4. The van der Waals surface area contributed by atoms with E-state index in [1.54, 1.807) is 0 Å². The highest BCUT2D eigenvalue weighted by Gasteiger charge is 2.08. The molecule has 26 heavy (non-hydrogen) atoms. The van der Waals surface area contributed by atoms with Crippen LogP contribution in [0.3, 0.4) is 0 Å². The van der Waals surface area contributed by atoms with E-state index in [0.717, 1.165) is 24.3 Å². The van der Waals surface area contributed by atoms with Crippen LogP contribution in [0.4, 0.5) is 18.9 Å². The van der Waals surface area contributed by atoms with Gasteiger partial charge in [0.25, 0.3) is 5.91 Å². The van der Waals surface area contributed by atoms with E-state index in [1.807, 2.05) is 0 Å². The Labute approximate surface area is 147 Å². The Bertz CT molecular complexity index is 852. The van der Waals surface area contributed by atoms with E-state index >= 15 is 0 Å². The zero-order valence-corrected chi connectivity index (χ0v) is 13.6. The third-order valence-corrected chi connectivity index (χ3v) is 3.14. The van der Waals surface area contributed by atoms with E-state index in [9.17, 15) is 22.8 Å². The molecule has 0 aliphatic carbocycles. The molecule has 0 atom stereocenters. The number of ether oxygens (including phenoxy) is 2. The van der Waals surface area contributed by atoms with Gasteiger partial charge in [-0.3, -0.25) is 4.79 Å². The molecule has 5 nitrogen and oxygen atoms in total. The van der Waals surface area contributed by atoms with Crippen LogP contribution in [0.25, 0.3) is 6.08 Å². The lowest BCUT2D eigenvalue weighted by Crippen LogP contribution is -2.20. The van der Waals surface area contributed by atoms with Gasteiger partial charge in [-0.1, -0.05) is 6.07 Å². The maximum atomic E-state index is 13.5. The molecule has 0 unspecified atom stereocenters. The van der Waals surface area contributed by atoms with Crippen LogP contribution >= 0.6 is 0 Å². The molecule has 2 aromatic rings. The monoisotopic (exact) mass is 365 g/mol. The maximum absolute atomic E-state index is 13.5. The number of carbonyl (C=O) groups is 2. The molecule has 0 radical (unpaired) electrons. The van der Waals surface area contributed by atoms with Crippen molar-refractivity contribution in [1.29, 1.82) is 0 Å². The molecule has 0 bridgehead atoms. The lowest BCUT2D eigenvalue weighted by Gasteiger charge is -2.06. The van der Waals surface area contributed by atoms with Gasteiger partial charge in [-0.2, -0.15) is 0 Å². The molecule has 0 saturated heterocycles. The largest absolute Gasteiger partial charge is 0.494 e. The number of benzene rings is 2. The number of halogens is 3. The summed E-state index contributed by atoms with van der Waals surface area (Å²) in [4.78, 5) is 23.2. The van der Waals surface area contributed by atoms with Gasteiger partial charge in [0, 0.05) is 17.8 Å². The van der Waals surface area contributed by atoms with Gasteiger partial charge in [0.15, 0.2) is 29.8 Å². The highest BCUT2D eigenvalue weighted by molar-refractivity contribution is 5.94. The molecule has 0 aliphatic rings. The van der Waals surface area contributed by atoms with E-state index in [1.165, 1.54) is 31.4 Å². The van der Waals surface area contributed by atoms with Crippen LogP contribution in [0.2, 0.25) is 0 Å². The van der Waals surface area contributed by atoms with Crippen molar-refractivity contribution in [2.24, 2.45) is 0 Å². The smallest absolute Gasteiger partial charge is 0.331 e. The van der Waals surface area contributed by atoms with Crippen molar-refractivity contribution in [2.75, 3.05) is 19.0 Å². The summed E-state index contributed by atoms with van der Waals surface area (Å²) in [6.07, 6.45) is 2.32. The summed E-state index contributed by atoms with van der Waals surface area (Å²) in [5.74, 6) is -4.24. The minimum atomic E-state index is -1.12. The van der Waals surface area contributed by atoms with Crippen molar-refractivity contribution < 1.29 is 32.2 Å². The van der Waals surface area contributed by atoms with Gasteiger partial charge in [0.05, 0.1) is 7.11 Å². The molecular formula is C18H14F3NO4. The molecule has 0 aromatic heterocycles. The topological polar surface area (TPSA) is 64.6 Å². The van der Waals surface area contributed by atoms with Crippen LogP contribution in [0, 0.1) is 17.5 Å². The SMILES string of the molecule is COc1ccc(/C=C/C(=O)OCC(=O)Nc2ccc(F)c(F)c2)cc1F. The first kappa shape index (κ1) is 19.0. The van der Waals surface area contributed by atoms with Gasteiger partial charge >= 0.3 is 5.97 Å². The summed E-state index contributed by atoms with van der Waals surface area (Å²) >= 11 is 0. The molecular weight excluding hydrogens is 351 g/mol. The Kier molecular flexibility index (Phi) is 6.37. The predicted octanol–water partition coefficient (Wildman–Crippen LogP) is 3.31. The number of anilines is 1. The van der Waals surface area contributed by atoms with Crippen LogP contribution in [-0.4, -0.2) is 25.6 Å². The van der Waals surface area contributed by atoms with Gasteiger partial charge in [-0.05, 0) is 35.9 Å².